The van der Waals surface area contributed by atoms with E-state index in [-0.39, 0.29) is 11.6 Å². The minimum atomic E-state index is -0.179. The second kappa shape index (κ2) is 7.52. The van der Waals surface area contributed by atoms with Gasteiger partial charge in [0.1, 0.15) is 0 Å². The van der Waals surface area contributed by atoms with E-state index in [1.165, 1.54) is 31.4 Å². The fraction of sp³-hybridized carbons (Fsp3) is 0.739. The van der Waals surface area contributed by atoms with Crippen molar-refractivity contribution in [2.75, 3.05) is 24.5 Å². The number of hydrogen-bond acceptors (Lipinski definition) is 3. The van der Waals surface area contributed by atoms with Crippen molar-refractivity contribution in [3.63, 3.8) is 0 Å². The first kappa shape index (κ1) is 18.3. The molecule has 2 aliphatic heterocycles. The van der Waals surface area contributed by atoms with Crippen molar-refractivity contribution >= 4 is 5.69 Å². The third kappa shape index (κ3) is 3.29. The number of anilines is 1. The van der Waals surface area contributed by atoms with Gasteiger partial charge < -0.3 is 14.9 Å². The lowest BCUT2D eigenvalue weighted by atomic mass is 9.77. The first-order valence-corrected chi connectivity index (χ1v) is 10.8. The molecule has 2 heterocycles. The smallest absolute Gasteiger partial charge is 0.0789 e. The Morgan fingerprint density at radius 2 is 1.58 bits per heavy atom. The summed E-state index contributed by atoms with van der Waals surface area (Å²) in [6.07, 6.45) is 8.50. The van der Waals surface area contributed by atoms with Crippen LogP contribution in [0.3, 0.4) is 0 Å². The van der Waals surface area contributed by atoms with Gasteiger partial charge in [-0.15, -0.1) is 0 Å². The number of piperidine rings is 1. The number of nitrogens with zero attached hydrogens (tertiary/aromatic N) is 2. The van der Waals surface area contributed by atoms with Gasteiger partial charge in [0.05, 0.1) is 11.6 Å². The lowest BCUT2D eigenvalue weighted by Gasteiger charge is -2.50. The molecule has 1 aromatic rings. The molecule has 1 unspecified atom stereocenters. The molecule has 0 aromatic heterocycles. The Labute approximate surface area is 159 Å². The van der Waals surface area contributed by atoms with Crippen molar-refractivity contribution in [2.45, 2.75) is 76.5 Å². The number of hydrogen-bond donors (Lipinski definition) is 1. The molecule has 144 valence electrons. The molecular weight excluding hydrogens is 320 g/mol. The molecule has 3 fully saturated rings. The van der Waals surface area contributed by atoms with Crippen LogP contribution in [0.2, 0.25) is 0 Å². The lowest BCUT2D eigenvalue weighted by Crippen LogP contribution is -2.59. The normalized spacial score (nSPS) is 32.5. The van der Waals surface area contributed by atoms with Gasteiger partial charge in [-0.3, -0.25) is 0 Å². The number of aliphatic hydroxyl groups excluding tert-OH is 1. The summed E-state index contributed by atoms with van der Waals surface area (Å²) in [6, 6.07) is 11.5. The number of aliphatic hydroxyl groups is 1. The monoisotopic (exact) mass is 356 g/mol. The second-order valence-electron chi connectivity index (χ2n) is 9.24. The Hall–Kier alpha value is -1.06. The molecule has 1 atom stereocenters. The summed E-state index contributed by atoms with van der Waals surface area (Å²) in [4.78, 5) is 5.26. The average molecular weight is 357 g/mol. The molecule has 2 saturated heterocycles. The summed E-state index contributed by atoms with van der Waals surface area (Å²) in [5, 5.41) is 10.9. The summed E-state index contributed by atoms with van der Waals surface area (Å²) in [5.74, 6) is 1.78. The van der Waals surface area contributed by atoms with Crippen LogP contribution in [0, 0.1) is 11.8 Å². The predicted molar refractivity (Wildman–Crippen MR) is 109 cm³/mol. The van der Waals surface area contributed by atoms with Crippen LogP contribution in [0.1, 0.15) is 58.8 Å². The van der Waals surface area contributed by atoms with E-state index in [9.17, 15) is 5.11 Å². The number of likely N-dealkylation sites (tertiary alicyclic amines) is 1. The van der Waals surface area contributed by atoms with Crippen LogP contribution >= 0.6 is 0 Å². The SMILES string of the molecule is CC(C)[C@H]1CC[C@H](N2CCC3(CC2)C(O)CCN3c2ccccc2)CC1. The molecule has 26 heavy (non-hydrogen) atoms. The van der Waals surface area contributed by atoms with Crippen molar-refractivity contribution in [3.05, 3.63) is 30.3 Å². The molecule has 3 aliphatic rings. The van der Waals surface area contributed by atoms with E-state index in [0.717, 1.165) is 56.8 Å². The number of para-hydroxylation sites is 1. The van der Waals surface area contributed by atoms with Gasteiger partial charge in [-0.25, -0.2) is 0 Å². The summed E-state index contributed by atoms with van der Waals surface area (Å²) in [6.45, 7) is 8.06. The van der Waals surface area contributed by atoms with Crippen LogP contribution in [-0.4, -0.2) is 47.3 Å². The summed E-state index contributed by atoms with van der Waals surface area (Å²) in [5.41, 5.74) is 1.25. The molecule has 1 saturated carbocycles. The lowest BCUT2D eigenvalue weighted by molar-refractivity contribution is 0.0290. The highest BCUT2D eigenvalue weighted by Crippen LogP contribution is 2.43. The molecule has 0 radical (unpaired) electrons. The molecular formula is C23H36N2O. The van der Waals surface area contributed by atoms with Gasteiger partial charge in [0, 0.05) is 31.4 Å². The molecule has 1 N–H and O–H groups in total. The second-order valence-corrected chi connectivity index (χ2v) is 9.24. The van der Waals surface area contributed by atoms with E-state index < -0.39 is 0 Å². The van der Waals surface area contributed by atoms with Crippen LogP contribution in [0.15, 0.2) is 30.3 Å². The van der Waals surface area contributed by atoms with Gasteiger partial charge in [0.15, 0.2) is 0 Å². The van der Waals surface area contributed by atoms with E-state index in [1.807, 2.05) is 0 Å². The van der Waals surface area contributed by atoms with Gasteiger partial charge in [-0.05, 0) is 68.9 Å². The Kier molecular flexibility index (Phi) is 5.29. The van der Waals surface area contributed by atoms with E-state index in [2.05, 4.69) is 54.0 Å². The minimum absolute atomic E-state index is 0.0347. The molecule has 0 amide bonds. The number of benzene rings is 1. The van der Waals surface area contributed by atoms with Gasteiger partial charge in [-0.2, -0.15) is 0 Å². The molecule has 1 aromatic carbocycles. The Balaban J connectivity index is 1.40. The van der Waals surface area contributed by atoms with Gasteiger partial charge in [0.25, 0.3) is 0 Å². The highest BCUT2D eigenvalue weighted by molar-refractivity contribution is 5.51. The molecule has 3 heteroatoms. The van der Waals surface area contributed by atoms with E-state index in [0.29, 0.717) is 0 Å². The highest BCUT2D eigenvalue weighted by Gasteiger charge is 2.50. The van der Waals surface area contributed by atoms with Crippen LogP contribution in [-0.2, 0) is 0 Å². The molecule has 0 bridgehead atoms. The van der Waals surface area contributed by atoms with Gasteiger partial charge in [0.2, 0.25) is 0 Å². The maximum Gasteiger partial charge on any atom is 0.0789 e. The third-order valence-electron chi connectivity index (χ3n) is 7.72. The molecule has 4 rings (SSSR count). The van der Waals surface area contributed by atoms with E-state index in [1.54, 1.807) is 0 Å². The molecule has 3 nitrogen and oxygen atoms in total. The molecule has 1 aliphatic carbocycles. The third-order valence-corrected chi connectivity index (χ3v) is 7.72. The van der Waals surface area contributed by atoms with E-state index in [4.69, 9.17) is 0 Å². The zero-order valence-electron chi connectivity index (χ0n) is 16.6. The standard InChI is InChI=1S/C23H36N2O/c1-18(2)19-8-10-20(11-9-19)24-16-13-23(14-17-24)22(26)12-15-25(23)21-6-4-3-5-7-21/h3-7,18-20,22,26H,8-17H2,1-2H3/t19-,20-,22?. The fourth-order valence-electron chi connectivity index (χ4n) is 5.93. The predicted octanol–water partition coefficient (Wildman–Crippen LogP) is 4.31. The molecule has 1 spiro atoms. The number of rotatable bonds is 3. The first-order chi connectivity index (χ1) is 12.6. The maximum absolute atomic E-state index is 10.9. The van der Waals surface area contributed by atoms with Crippen LogP contribution in [0.5, 0.6) is 0 Å². The van der Waals surface area contributed by atoms with Crippen molar-refractivity contribution in [3.8, 4) is 0 Å². The maximum atomic E-state index is 10.9. The summed E-state index contributed by atoms with van der Waals surface area (Å²) < 4.78 is 0. The van der Waals surface area contributed by atoms with Crippen molar-refractivity contribution < 1.29 is 5.11 Å². The average Bonchev–Trinajstić information content (AvgIpc) is 2.99. The van der Waals surface area contributed by atoms with Crippen LogP contribution in [0.4, 0.5) is 5.69 Å². The highest BCUT2D eigenvalue weighted by atomic mass is 16.3. The van der Waals surface area contributed by atoms with Crippen LogP contribution in [0.25, 0.3) is 0 Å². The van der Waals surface area contributed by atoms with E-state index >= 15 is 0 Å². The topological polar surface area (TPSA) is 26.7 Å². The zero-order valence-corrected chi connectivity index (χ0v) is 16.6. The van der Waals surface area contributed by atoms with Gasteiger partial charge >= 0.3 is 0 Å². The Morgan fingerprint density at radius 3 is 2.19 bits per heavy atom. The largest absolute Gasteiger partial charge is 0.391 e. The van der Waals surface area contributed by atoms with Crippen molar-refractivity contribution in [1.29, 1.82) is 0 Å². The zero-order chi connectivity index (χ0) is 18.1. The van der Waals surface area contributed by atoms with Gasteiger partial charge in [-0.1, -0.05) is 32.0 Å². The summed E-state index contributed by atoms with van der Waals surface area (Å²) >= 11 is 0. The first-order valence-electron chi connectivity index (χ1n) is 10.8. The minimum Gasteiger partial charge on any atom is -0.391 e. The Morgan fingerprint density at radius 1 is 0.923 bits per heavy atom. The Bertz CT molecular complexity index is 571. The fourth-order valence-corrected chi connectivity index (χ4v) is 5.93. The summed E-state index contributed by atoms with van der Waals surface area (Å²) in [7, 11) is 0. The van der Waals surface area contributed by atoms with Crippen molar-refractivity contribution in [1.82, 2.24) is 4.90 Å². The van der Waals surface area contributed by atoms with Crippen LogP contribution < -0.4 is 4.90 Å². The van der Waals surface area contributed by atoms with Crippen molar-refractivity contribution in [2.24, 2.45) is 11.8 Å². The quantitative estimate of drug-likeness (QED) is 0.874.